The third-order valence-corrected chi connectivity index (χ3v) is 8.96. The van der Waals surface area contributed by atoms with Gasteiger partial charge < -0.3 is 0 Å². The second-order valence-electron chi connectivity index (χ2n) is 8.47. The van der Waals surface area contributed by atoms with Crippen LogP contribution in [0.5, 0.6) is 0 Å². The predicted octanol–water partition coefficient (Wildman–Crippen LogP) is 2.93. The first-order chi connectivity index (χ1) is 7.35. The Kier molecular flexibility index (Phi) is 0.626. The van der Waals surface area contributed by atoms with E-state index in [-0.39, 0.29) is 0 Å². The fourth-order valence-electron chi connectivity index (χ4n) is 9.31. The van der Waals surface area contributed by atoms with Crippen molar-refractivity contribution in [3.8, 4) is 0 Å². The second kappa shape index (κ2) is 1.41. The Morgan fingerprint density at radius 1 is 0.800 bits per heavy atom. The first-order valence-electron chi connectivity index (χ1n) is 7.35. The molecule has 0 aromatic heterocycles. The molecule has 7 rings (SSSR count). The largest absolute Gasteiger partial charge is 0.0467 e. The van der Waals surface area contributed by atoms with E-state index < -0.39 is 0 Å². The van der Waals surface area contributed by atoms with Crippen LogP contribution in [-0.4, -0.2) is 0 Å². The molecule has 2 bridgehead atoms. The average Bonchev–Trinajstić information content (AvgIpc) is 2.42. The molecule has 0 heterocycles. The molecule has 7 fully saturated rings. The van der Waals surface area contributed by atoms with Crippen molar-refractivity contribution in [1.29, 1.82) is 0 Å². The Labute approximate surface area is 90.8 Å². The van der Waals surface area contributed by atoms with Crippen molar-refractivity contribution in [3.05, 3.63) is 0 Å². The summed E-state index contributed by atoms with van der Waals surface area (Å²) in [6.07, 6.45) is 8.55. The van der Waals surface area contributed by atoms with Gasteiger partial charge in [-0.15, -0.1) is 0 Å². The van der Waals surface area contributed by atoms with Crippen molar-refractivity contribution in [2.75, 3.05) is 0 Å². The third kappa shape index (κ3) is 0.368. The summed E-state index contributed by atoms with van der Waals surface area (Å²) in [7, 11) is 0. The highest BCUT2D eigenvalue weighted by Gasteiger charge is 2.93. The van der Waals surface area contributed by atoms with Gasteiger partial charge in [-0.05, 0) is 90.3 Å². The molecule has 78 valence electrons. The van der Waals surface area contributed by atoms with Gasteiger partial charge in [-0.25, -0.2) is 0 Å². The first kappa shape index (κ1) is 6.67. The zero-order valence-electron chi connectivity index (χ0n) is 9.15. The highest BCUT2D eigenvalue weighted by Crippen LogP contribution is 2.98. The number of fused-ring (bicyclic) bond motifs is 5. The predicted molar refractivity (Wildman–Crippen MR) is 55.9 cm³/mol. The van der Waals surface area contributed by atoms with Crippen LogP contribution in [0, 0.1) is 58.2 Å². The van der Waals surface area contributed by atoms with Crippen molar-refractivity contribution in [3.63, 3.8) is 0 Å². The molecule has 7 saturated carbocycles. The maximum absolute atomic E-state index is 1.74. The van der Waals surface area contributed by atoms with E-state index in [1.165, 1.54) is 47.3 Å². The molecular weight excluding hydrogens is 180 g/mol. The number of hydrogen-bond donors (Lipinski definition) is 0. The molecule has 0 nitrogen and oxygen atoms in total. The van der Waals surface area contributed by atoms with E-state index in [0.717, 1.165) is 10.8 Å². The van der Waals surface area contributed by atoms with Crippen LogP contribution in [0.2, 0.25) is 0 Å². The van der Waals surface area contributed by atoms with Crippen LogP contribution in [0.15, 0.2) is 0 Å². The van der Waals surface area contributed by atoms with Gasteiger partial charge in [-0.3, -0.25) is 0 Å². The monoisotopic (exact) mass is 198 g/mol. The fraction of sp³-hybridized carbons (Fsp3) is 1.00. The van der Waals surface area contributed by atoms with Gasteiger partial charge in [0.15, 0.2) is 0 Å². The van der Waals surface area contributed by atoms with Gasteiger partial charge in [0.2, 0.25) is 0 Å². The molecule has 2 spiro atoms. The summed E-state index contributed by atoms with van der Waals surface area (Å²) in [6.45, 7) is 0. The van der Waals surface area contributed by atoms with Crippen molar-refractivity contribution in [2.45, 2.75) is 32.1 Å². The van der Waals surface area contributed by atoms with E-state index in [2.05, 4.69) is 0 Å². The van der Waals surface area contributed by atoms with Crippen LogP contribution in [0.3, 0.4) is 0 Å². The van der Waals surface area contributed by atoms with Gasteiger partial charge in [-0.2, -0.15) is 0 Å². The van der Waals surface area contributed by atoms with Crippen molar-refractivity contribution >= 4 is 0 Å². The molecule has 0 saturated heterocycles. The molecule has 7 aliphatic carbocycles. The standard InChI is InChI=1S/C15H18/c1-6-3-14-4-10-11(14)7(6)2-9-8(1)12-13(9)15(10,12)5-14/h6-13H,1-5H2. The quantitative estimate of drug-likeness (QED) is 0.561. The SMILES string of the molecule is C1C2CC34CC5C3C2CC2C1C1C2C51C4. The Balaban J connectivity index is 1.65. The summed E-state index contributed by atoms with van der Waals surface area (Å²) in [5, 5.41) is 0. The summed E-state index contributed by atoms with van der Waals surface area (Å²) < 4.78 is 0. The molecular formula is C15H18. The molecule has 0 aliphatic heterocycles. The number of hydrogen-bond acceptors (Lipinski definition) is 0. The summed E-state index contributed by atoms with van der Waals surface area (Å²) >= 11 is 0. The molecule has 0 N–H and O–H groups in total. The zero-order chi connectivity index (χ0) is 9.15. The summed E-state index contributed by atoms with van der Waals surface area (Å²) in [4.78, 5) is 0. The smallest absolute Gasteiger partial charge is 0.0193 e. The van der Waals surface area contributed by atoms with Gasteiger partial charge in [0, 0.05) is 0 Å². The fourth-order valence-corrected chi connectivity index (χ4v) is 9.31. The molecule has 15 heavy (non-hydrogen) atoms. The molecule has 0 heteroatoms. The van der Waals surface area contributed by atoms with Crippen molar-refractivity contribution in [2.24, 2.45) is 58.2 Å². The Morgan fingerprint density at radius 3 is 2.60 bits per heavy atom. The third-order valence-electron chi connectivity index (χ3n) is 8.96. The van der Waals surface area contributed by atoms with Crippen LogP contribution in [0.4, 0.5) is 0 Å². The second-order valence-corrected chi connectivity index (χ2v) is 8.47. The minimum absolute atomic E-state index is 0.966. The van der Waals surface area contributed by atoms with Crippen LogP contribution >= 0.6 is 0 Å². The maximum atomic E-state index is 1.74. The van der Waals surface area contributed by atoms with E-state index in [1.54, 1.807) is 32.1 Å². The summed E-state index contributed by atoms with van der Waals surface area (Å²) in [6, 6.07) is 0. The lowest BCUT2D eigenvalue weighted by molar-refractivity contribution is -0.0202. The molecule has 10 atom stereocenters. The van der Waals surface area contributed by atoms with E-state index in [4.69, 9.17) is 0 Å². The van der Waals surface area contributed by atoms with Crippen LogP contribution in [0.25, 0.3) is 0 Å². The summed E-state index contributed by atoms with van der Waals surface area (Å²) in [5.74, 6) is 10.1. The lowest BCUT2D eigenvalue weighted by Gasteiger charge is -2.50. The van der Waals surface area contributed by atoms with Gasteiger partial charge >= 0.3 is 0 Å². The maximum Gasteiger partial charge on any atom is -0.0193 e. The molecule has 0 radical (unpaired) electrons. The lowest BCUT2D eigenvalue weighted by Crippen LogP contribution is -2.44. The van der Waals surface area contributed by atoms with Crippen LogP contribution < -0.4 is 0 Å². The van der Waals surface area contributed by atoms with E-state index in [9.17, 15) is 0 Å². The van der Waals surface area contributed by atoms with Crippen molar-refractivity contribution in [1.82, 2.24) is 0 Å². The van der Waals surface area contributed by atoms with Gasteiger partial charge in [0.25, 0.3) is 0 Å². The Hall–Kier alpha value is 0. The minimum Gasteiger partial charge on any atom is -0.0467 e. The highest BCUT2D eigenvalue weighted by molar-refractivity contribution is 5.40. The van der Waals surface area contributed by atoms with E-state index >= 15 is 0 Å². The number of rotatable bonds is 0. The van der Waals surface area contributed by atoms with Gasteiger partial charge in [0.1, 0.15) is 0 Å². The van der Waals surface area contributed by atoms with Crippen LogP contribution in [0.1, 0.15) is 32.1 Å². The molecule has 10 unspecified atom stereocenters. The Morgan fingerprint density at radius 2 is 1.67 bits per heavy atom. The van der Waals surface area contributed by atoms with Gasteiger partial charge in [0.05, 0.1) is 0 Å². The molecule has 0 amide bonds. The topological polar surface area (TPSA) is 0 Å². The molecule has 0 aromatic carbocycles. The Bertz CT molecular complexity index is 425. The van der Waals surface area contributed by atoms with E-state index in [0.29, 0.717) is 0 Å². The zero-order valence-corrected chi connectivity index (χ0v) is 9.15. The highest BCUT2D eigenvalue weighted by atomic mass is 15.0. The molecule has 7 aliphatic rings. The van der Waals surface area contributed by atoms with Crippen molar-refractivity contribution < 1.29 is 0 Å². The average molecular weight is 198 g/mol. The van der Waals surface area contributed by atoms with Crippen LogP contribution in [-0.2, 0) is 0 Å². The van der Waals surface area contributed by atoms with Gasteiger partial charge in [-0.1, -0.05) is 0 Å². The van der Waals surface area contributed by atoms with E-state index in [1.807, 2.05) is 0 Å². The minimum atomic E-state index is 0.966. The summed E-state index contributed by atoms with van der Waals surface area (Å²) in [5.41, 5.74) is 1.98. The first-order valence-corrected chi connectivity index (χ1v) is 7.35. The lowest BCUT2D eigenvalue weighted by atomic mass is 9.55. The normalized spacial score (nSPS) is 91.2. The molecule has 0 aromatic rings.